The Hall–Kier alpha value is 0.190. The molecule has 0 bridgehead atoms. The Morgan fingerprint density at radius 2 is 2.25 bits per heavy atom. The van der Waals surface area contributed by atoms with E-state index in [0.29, 0.717) is 5.02 Å². The molecule has 62 valence electrons. The van der Waals surface area contributed by atoms with E-state index in [4.69, 9.17) is 11.6 Å². The number of rotatable bonds is 0. The third-order valence-electron chi connectivity index (χ3n) is 1.56. The van der Waals surface area contributed by atoms with Crippen molar-refractivity contribution in [2.24, 2.45) is 0 Å². The molecule has 1 N–H and O–H groups in total. The van der Waals surface area contributed by atoms with Gasteiger partial charge in [-0.3, -0.25) is 5.10 Å². The van der Waals surface area contributed by atoms with Crippen LogP contribution in [0.25, 0.3) is 10.9 Å². The molecule has 0 spiro atoms. The van der Waals surface area contributed by atoms with E-state index >= 15 is 0 Å². The second kappa shape index (κ2) is 3.16. The van der Waals surface area contributed by atoms with E-state index in [0.717, 1.165) is 19.1 Å². The number of nitrogens with zero attached hydrogens (tertiary/aromatic N) is 1. The zero-order chi connectivity index (χ0) is 8.72. The molecule has 5 heteroatoms. The molecule has 0 unspecified atom stereocenters. The molecule has 0 saturated carbocycles. The van der Waals surface area contributed by atoms with E-state index in [9.17, 15) is 0 Å². The summed E-state index contributed by atoms with van der Waals surface area (Å²) in [5.41, 5.74) is 0.996. The van der Waals surface area contributed by atoms with Gasteiger partial charge >= 0.3 is 0 Å². The maximum atomic E-state index is 5.92. The lowest BCUT2D eigenvalue weighted by Gasteiger charge is -1.94. The maximum Gasteiger partial charge on any atom is 0.130 e. The van der Waals surface area contributed by atoms with Gasteiger partial charge in [-0.25, -0.2) is 0 Å². The number of halogens is 3. The van der Waals surface area contributed by atoms with Crippen molar-refractivity contribution in [3.63, 3.8) is 0 Å². The zero-order valence-electron chi connectivity index (χ0n) is 5.74. The van der Waals surface area contributed by atoms with Gasteiger partial charge in [0.1, 0.15) is 3.70 Å². The summed E-state index contributed by atoms with van der Waals surface area (Å²) in [4.78, 5) is 0. The van der Waals surface area contributed by atoms with Crippen LogP contribution in [0.1, 0.15) is 0 Å². The molecule has 0 amide bonds. The van der Waals surface area contributed by atoms with Crippen LogP contribution < -0.4 is 0 Å². The summed E-state index contributed by atoms with van der Waals surface area (Å²) in [6, 6.07) is 3.82. The molecular weight excluding hydrogens is 354 g/mol. The quantitative estimate of drug-likeness (QED) is 0.718. The van der Waals surface area contributed by atoms with E-state index in [-0.39, 0.29) is 0 Å². The van der Waals surface area contributed by atoms with Crippen LogP contribution >= 0.6 is 50.1 Å². The van der Waals surface area contributed by atoms with E-state index < -0.39 is 0 Å². The van der Waals surface area contributed by atoms with E-state index in [1.165, 1.54) is 0 Å². The molecule has 2 nitrogen and oxygen atoms in total. The van der Waals surface area contributed by atoms with Gasteiger partial charge in [0.25, 0.3) is 0 Å². The minimum atomic E-state index is 0.710. The summed E-state index contributed by atoms with van der Waals surface area (Å²) in [5.74, 6) is 0. The fraction of sp³-hybridized carbons (Fsp3) is 0. The van der Waals surface area contributed by atoms with Crippen molar-refractivity contribution in [1.29, 1.82) is 0 Å². The number of aromatic amines is 1. The van der Waals surface area contributed by atoms with E-state index in [1.807, 2.05) is 12.1 Å². The molecule has 12 heavy (non-hydrogen) atoms. The van der Waals surface area contributed by atoms with Gasteiger partial charge in [-0.15, -0.1) is 0 Å². The van der Waals surface area contributed by atoms with Crippen LogP contribution in [0, 0.1) is 3.70 Å². The van der Waals surface area contributed by atoms with Crippen molar-refractivity contribution < 1.29 is 0 Å². The molecule has 1 aromatic carbocycles. The molecule has 0 aliphatic carbocycles. The van der Waals surface area contributed by atoms with Crippen LogP contribution in [-0.2, 0) is 0 Å². The average molecular weight is 357 g/mol. The predicted octanol–water partition coefficient (Wildman–Crippen LogP) is 3.58. The molecule has 1 aromatic heterocycles. The zero-order valence-corrected chi connectivity index (χ0v) is 10.2. The Morgan fingerprint density at radius 1 is 1.50 bits per heavy atom. The molecule has 0 fully saturated rings. The fourth-order valence-corrected chi connectivity index (χ4v) is 2.05. The molecule has 0 saturated heterocycles. The average Bonchev–Trinajstić information content (AvgIpc) is 2.35. The molecule has 2 aromatic rings. The maximum absolute atomic E-state index is 5.92. The highest BCUT2D eigenvalue weighted by Crippen LogP contribution is 2.28. The third kappa shape index (κ3) is 1.36. The third-order valence-corrected chi connectivity index (χ3v) is 3.58. The Balaban J connectivity index is 2.87. The van der Waals surface area contributed by atoms with Crippen molar-refractivity contribution >= 4 is 61.0 Å². The lowest BCUT2D eigenvalue weighted by molar-refractivity contribution is 1.09. The Kier molecular flexibility index (Phi) is 2.31. The van der Waals surface area contributed by atoms with E-state index in [1.54, 1.807) is 0 Å². The summed E-state index contributed by atoms with van der Waals surface area (Å²) in [6.07, 6.45) is 0. The van der Waals surface area contributed by atoms with Crippen LogP contribution in [0.4, 0.5) is 0 Å². The van der Waals surface area contributed by atoms with Gasteiger partial charge in [0.2, 0.25) is 0 Å². The number of benzene rings is 1. The van der Waals surface area contributed by atoms with Crippen molar-refractivity contribution in [3.8, 4) is 0 Å². The van der Waals surface area contributed by atoms with Crippen LogP contribution in [0.2, 0.25) is 5.02 Å². The van der Waals surface area contributed by atoms with E-state index in [2.05, 4.69) is 48.7 Å². The predicted molar refractivity (Wildman–Crippen MR) is 61.5 cm³/mol. The van der Waals surface area contributed by atoms with Gasteiger partial charge in [-0.1, -0.05) is 11.6 Å². The monoisotopic (exact) mass is 356 g/mol. The number of aromatic nitrogens is 2. The first kappa shape index (κ1) is 8.77. The summed E-state index contributed by atoms with van der Waals surface area (Å²) in [5, 5.41) is 8.74. The second-order valence-corrected chi connectivity index (χ2v) is 4.61. The van der Waals surface area contributed by atoms with Crippen LogP contribution in [0.3, 0.4) is 0 Å². The number of fused-ring (bicyclic) bond motifs is 1. The molecule has 0 aliphatic heterocycles. The standard InChI is InChI=1S/C7H3BrClIN2/c8-4-2-6-3(1-5(4)9)7(10)12-11-6/h1-2H,(H,11,12). The second-order valence-electron chi connectivity index (χ2n) is 2.33. The van der Waals surface area contributed by atoms with Gasteiger partial charge in [0, 0.05) is 9.86 Å². The summed E-state index contributed by atoms with van der Waals surface area (Å²) >= 11 is 11.4. The molecule has 0 atom stereocenters. The van der Waals surface area contributed by atoms with Gasteiger partial charge in [0.15, 0.2) is 0 Å². The number of hydrogen-bond donors (Lipinski definition) is 1. The van der Waals surface area contributed by atoms with Crippen molar-refractivity contribution in [3.05, 3.63) is 25.3 Å². The fourth-order valence-electron chi connectivity index (χ4n) is 0.980. The molecule has 0 aliphatic rings. The largest absolute Gasteiger partial charge is 0.277 e. The highest BCUT2D eigenvalue weighted by Gasteiger charge is 2.05. The summed E-state index contributed by atoms with van der Waals surface area (Å²) in [6.45, 7) is 0. The van der Waals surface area contributed by atoms with Crippen molar-refractivity contribution in [2.75, 3.05) is 0 Å². The van der Waals surface area contributed by atoms with Gasteiger partial charge in [-0.2, -0.15) is 5.10 Å². The Morgan fingerprint density at radius 3 is 3.00 bits per heavy atom. The molecule has 2 rings (SSSR count). The Bertz CT molecular complexity index is 440. The van der Waals surface area contributed by atoms with Crippen LogP contribution in [0.15, 0.2) is 16.6 Å². The van der Waals surface area contributed by atoms with Gasteiger partial charge in [-0.05, 0) is 50.7 Å². The lowest BCUT2D eigenvalue weighted by atomic mass is 10.3. The number of nitrogens with one attached hydrogen (secondary N) is 1. The molecule has 1 heterocycles. The normalized spacial score (nSPS) is 10.9. The topological polar surface area (TPSA) is 28.7 Å². The van der Waals surface area contributed by atoms with Crippen LogP contribution in [0.5, 0.6) is 0 Å². The summed E-state index contributed by atoms with van der Waals surface area (Å²) < 4.78 is 1.83. The summed E-state index contributed by atoms with van der Waals surface area (Å²) in [7, 11) is 0. The first-order valence-corrected chi connectivity index (χ1v) is 5.42. The Labute approximate surface area is 95.9 Å². The lowest BCUT2D eigenvalue weighted by Crippen LogP contribution is -1.72. The minimum absolute atomic E-state index is 0.710. The van der Waals surface area contributed by atoms with Crippen molar-refractivity contribution in [2.45, 2.75) is 0 Å². The first-order chi connectivity index (χ1) is 5.68. The minimum Gasteiger partial charge on any atom is -0.277 e. The van der Waals surface area contributed by atoms with Crippen molar-refractivity contribution in [1.82, 2.24) is 10.2 Å². The molecule has 0 radical (unpaired) electrons. The highest BCUT2D eigenvalue weighted by atomic mass is 127. The van der Waals surface area contributed by atoms with Gasteiger partial charge in [0.05, 0.1) is 10.5 Å². The van der Waals surface area contributed by atoms with Crippen LogP contribution in [-0.4, -0.2) is 10.2 Å². The molecular formula is C7H3BrClIN2. The highest BCUT2D eigenvalue weighted by molar-refractivity contribution is 14.1. The number of H-pyrrole nitrogens is 1. The smallest absolute Gasteiger partial charge is 0.130 e. The SMILES string of the molecule is Clc1cc2c(I)n[nH]c2cc1Br. The van der Waals surface area contributed by atoms with Gasteiger partial charge < -0.3 is 0 Å². The number of hydrogen-bond acceptors (Lipinski definition) is 1. The first-order valence-electron chi connectivity index (χ1n) is 3.17.